The predicted molar refractivity (Wildman–Crippen MR) is 100 cm³/mol. The summed E-state index contributed by atoms with van der Waals surface area (Å²) in [5.41, 5.74) is 1.87. The SMILES string of the molecule is Cn1nc(CNC(=O)c2cc(=O)c3ccccc3o2)cc1-c1cccs1. The summed E-state index contributed by atoms with van der Waals surface area (Å²) in [5, 5.41) is 9.62. The first-order valence-electron chi connectivity index (χ1n) is 8.00. The fourth-order valence-corrected chi connectivity index (χ4v) is 3.51. The normalized spacial score (nSPS) is 11.0. The van der Waals surface area contributed by atoms with E-state index in [0.29, 0.717) is 11.0 Å². The maximum Gasteiger partial charge on any atom is 0.287 e. The van der Waals surface area contributed by atoms with E-state index in [1.807, 2.05) is 30.6 Å². The number of nitrogens with zero attached hydrogens (tertiary/aromatic N) is 2. The van der Waals surface area contributed by atoms with Crippen LogP contribution < -0.4 is 10.7 Å². The summed E-state index contributed by atoms with van der Waals surface area (Å²) in [7, 11) is 1.86. The molecule has 0 saturated heterocycles. The average Bonchev–Trinajstić information content (AvgIpc) is 3.29. The molecule has 1 aromatic carbocycles. The molecule has 0 unspecified atom stereocenters. The highest BCUT2D eigenvalue weighted by Gasteiger charge is 2.14. The molecule has 4 rings (SSSR count). The van der Waals surface area contributed by atoms with Gasteiger partial charge in [-0.05, 0) is 29.6 Å². The number of nitrogens with one attached hydrogen (secondary N) is 1. The highest BCUT2D eigenvalue weighted by molar-refractivity contribution is 7.13. The molecule has 0 atom stereocenters. The Morgan fingerprint density at radius 2 is 2.08 bits per heavy atom. The summed E-state index contributed by atoms with van der Waals surface area (Å²) < 4.78 is 7.33. The summed E-state index contributed by atoms with van der Waals surface area (Å²) in [4.78, 5) is 25.6. The summed E-state index contributed by atoms with van der Waals surface area (Å²) in [6, 6.07) is 14.0. The van der Waals surface area contributed by atoms with Gasteiger partial charge in [-0.2, -0.15) is 5.10 Å². The van der Waals surface area contributed by atoms with Crippen LogP contribution in [0.2, 0.25) is 0 Å². The fraction of sp³-hybridized carbons (Fsp3) is 0.105. The van der Waals surface area contributed by atoms with Gasteiger partial charge in [0.25, 0.3) is 5.91 Å². The molecule has 0 aliphatic heterocycles. The molecule has 6 nitrogen and oxygen atoms in total. The van der Waals surface area contributed by atoms with Crippen molar-refractivity contribution >= 4 is 28.2 Å². The number of amides is 1. The fourth-order valence-electron chi connectivity index (χ4n) is 2.74. The number of carbonyl (C=O) groups excluding carboxylic acids is 1. The van der Waals surface area contributed by atoms with Crippen LogP contribution in [-0.4, -0.2) is 15.7 Å². The van der Waals surface area contributed by atoms with E-state index in [4.69, 9.17) is 4.42 Å². The molecule has 1 amide bonds. The number of benzene rings is 1. The van der Waals surface area contributed by atoms with Gasteiger partial charge in [-0.1, -0.05) is 18.2 Å². The van der Waals surface area contributed by atoms with Crippen LogP contribution in [-0.2, 0) is 13.6 Å². The Hall–Kier alpha value is -3.19. The van der Waals surface area contributed by atoms with Crippen molar-refractivity contribution in [3.05, 3.63) is 75.6 Å². The number of aryl methyl sites for hydroxylation is 1. The van der Waals surface area contributed by atoms with Crippen molar-refractivity contribution in [3.8, 4) is 10.6 Å². The Labute approximate surface area is 152 Å². The van der Waals surface area contributed by atoms with E-state index in [1.54, 1.807) is 40.3 Å². The van der Waals surface area contributed by atoms with Gasteiger partial charge in [0.15, 0.2) is 11.2 Å². The molecule has 3 heterocycles. The maximum absolute atomic E-state index is 12.4. The van der Waals surface area contributed by atoms with Gasteiger partial charge >= 0.3 is 0 Å². The molecule has 0 aliphatic carbocycles. The van der Waals surface area contributed by atoms with E-state index in [0.717, 1.165) is 16.3 Å². The van der Waals surface area contributed by atoms with Crippen molar-refractivity contribution < 1.29 is 9.21 Å². The van der Waals surface area contributed by atoms with E-state index >= 15 is 0 Å². The third-order valence-corrected chi connectivity index (χ3v) is 4.88. The third-order valence-electron chi connectivity index (χ3n) is 3.99. The minimum Gasteiger partial charge on any atom is -0.451 e. The van der Waals surface area contributed by atoms with Crippen molar-refractivity contribution in [2.75, 3.05) is 0 Å². The van der Waals surface area contributed by atoms with Gasteiger partial charge in [-0.15, -0.1) is 11.3 Å². The topological polar surface area (TPSA) is 77.1 Å². The van der Waals surface area contributed by atoms with Gasteiger partial charge in [0.1, 0.15) is 5.58 Å². The molecule has 0 radical (unpaired) electrons. The Bertz CT molecular complexity index is 1140. The number of carbonyl (C=O) groups is 1. The molecule has 1 N–H and O–H groups in total. The second-order valence-electron chi connectivity index (χ2n) is 5.78. The van der Waals surface area contributed by atoms with Crippen molar-refractivity contribution in [1.29, 1.82) is 0 Å². The first-order valence-corrected chi connectivity index (χ1v) is 8.87. The first kappa shape index (κ1) is 16.3. The van der Waals surface area contributed by atoms with Gasteiger partial charge in [0, 0.05) is 13.1 Å². The van der Waals surface area contributed by atoms with Gasteiger partial charge in [0.2, 0.25) is 0 Å². The molecule has 4 aromatic rings. The van der Waals surface area contributed by atoms with Gasteiger partial charge in [-0.25, -0.2) is 0 Å². The molecule has 130 valence electrons. The molecule has 0 saturated carbocycles. The van der Waals surface area contributed by atoms with Crippen molar-refractivity contribution in [2.24, 2.45) is 7.05 Å². The lowest BCUT2D eigenvalue weighted by atomic mass is 10.2. The standard InChI is InChI=1S/C19H15N3O3S/c1-22-14(18-7-4-8-26-18)9-12(21-22)11-20-19(24)17-10-15(23)13-5-2-3-6-16(13)25-17/h2-10H,11H2,1H3,(H,20,24). The minimum atomic E-state index is -0.448. The van der Waals surface area contributed by atoms with Crippen LogP contribution >= 0.6 is 11.3 Å². The number of hydrogen-bond donors (Lipinski definition) is 1. The number of hydrogen-bond acceptors (Lipinski definition) is 5. The van der Waals surface area contributed by atoms with E-state index < -0.39 is 5.91 Å². The molecular weight excluding hydrogens is 350 g/mol. The Morgan fingerprint density at radius 1 is 1.23 bits per heavy atom. The lowest BCUT2D eigenvalue weighted by molar-refractivity contribution is 0.0923. The average molecular weight is 365 g/mol. The molecule has 7 heteroatoms. The van der Waals surface area contributed by atoms with Crippen LogP contribution in [0.4, 0.5) is 0 Å². The quantitative estimate of drug-likeness (QED) is 0.602. The molecule has 0 bridgehead atoms. The second kappa shape index (κ2) is 6.61. The zero-order valence-corrected chi connectivity index (χ0v) is 14.7. The zero-order valence-electron chi connectivity index (χ0n) is 13.9. The molecule has 0 spiro atoms. The zero-order chi connectivity index (χ0) is 18.1. The lowest BCUT2D eigenvalue weighted by Crippen LogP contribution is -2.24. The van der Waals surface area contributed by atoms with E-state index in [2.05, 4.69) is 10.4 Å². The Kier molecular flexibility index (Phi) is 4.14. The highest BCUT2D eigenvalue weighted by Crippen LogP contribution is 2.24. The Balaban J connectivity index is 1.53. The predicted octanol–water partition coefficient (Wildman–Crippen LogP) is 3.19. The molecule has 26 heavy (non-hydrogen) atoms. The second-order valence-corrected chi connectivity index (χ2v) is 6.72. The smallest absolute Gasteiger partial charge is 0.287 e. The summed E-state index contributed by atoms with van der Waals surface area (Å²) >= 11 is 1.63. The highest BCUT2D eigenvalue weighted by atomic mass is 32.1. The summed E-state index contributed by atoms with van der Waals surface area (Å²) in [6.07, 6.45) is 0. The number of para-hydroxylation sites is 1. The third kappa shape index (κ3) is 3.04. The van der Waals surface area contributed by atoms with E-state index in [9.17, 15) is 9.59 Å². The van der Waals surface area contributed by atoms with Crippen LogP contribution in [0.5, 0.6) is 0 Å². The van der Waals surface area contributed by atoms with Gasteiger partial charge in [-0.3, -0.25) is 14.3 Å². The number of thiophene rings is 1. The summed E-state index contributed by atoms with van der Waals surface area (Å²) in [5.74, 6) is -0.459. The van der Waals surface area contributed by atoms with E-state index in [-0.39, 0.29) is 17.7 Å². The number of aromatic nitrogens is 2. The molecule has 0 aliphatic rings. The lowest BCUT2D eigenvalue weighted by Gasteiger charge is -2.03. The molecule has 0 fully saturated rings. The van der Waals surface area contributed by atoms with Crippen LogP contribution in [0.15, 0.2) is 63.1 Å². The van der Waals surface area contributed by atoms with Crippen molar-refractivity contribution in [1.82, 2.24) is 15.1 Å². The van der Waals surface area contributed by atoms with Crippen LogP contribution in [0.3, 0.4) is 0 Å². The van der Waals surface area contributed by atoms with Crippen LogP contribution in [0, 0.1) is 0 Å². The Morgan fingerprint density at radius 3 is 2.88 bits per heavy atom. The molecule has 3 aromatic heterocycles. The van der Waals surface area contributed by atoms with Gasteiger partial charge in [0.05, 0.1) is 28.2 Å². The maximum atomic E-state index is 12.4. The van der Waals surface area contributed by atoms with Crippen molar-refractivity contribution in [3.63, 3.8) is 0 Å². The molecular formula is C19H15N3O3S. The number of rotatable bonds is 4. The van der Waals surface area contributed by atoms with Crippen LogP contribution in [0.1, 0.15) is 16.2 Å². The monoisotopic (exact) mass is 365 g/mol. The summed E-state index contributed by atoms with van der Waals surface area (Å²) in [6.45, 7) is 0.245. The largest absolute Gasteiger partial charge is 0.451 e. The minimum absolute atomic E-state index is 0.0110. The van der Waals surface area contributed by atoms with Crippen molar-refractivity contribution in [2.45, 2.75) is 6.54 Å². The van der Waals surface area contributed by atoms with Gasteiger partial charge < -0.3 is 9.73 Å². The van der Waals surface area contributed by atoms with Crippen LogP contribution in [0.25, 0.3) is 21.5 Å². The van der Waals surface area contributed by atoms with E-state index in [1.165, 1.54) is 6.07 Å². The first-order chi connectivity index (χ1) is 12.6. The number of fused-ring (bicyclic) bond motifs is 1.